The molecule has 10 rings (SSSR count). The number of carbonyl (C=O) groups excluding carboxylic acids is 4. The van der Waals surface area contributed by atoms with E-state index in [0.29, 0.717) is 21.6 Å². The van der Waals surface area contributed by atoms with Crippen molar-refractivity contribution in [1.82, 2.24) is 29.9 Å². The van der Waals surface area contributed by atoms with E-state index in [0.717, 1.165) is 109 Å². The molecule has 344 valence electrons. The standard InChI is InChI=1S/C22H25ClN6O3.C14H20ClN3O.C8H7N3O3/c23-16-10-26-21(27-11-16)28-7-4-14(5-8-28)18-9-15(18)3-6-24-17-1-2-19(25-12-17)29-20(30)13-32-22(29)31;1-19-9-11-6-13(11)10-2-4-18(5-3-10)14-16-7-12(15)8-17-14;9-5-1-2-6(10-3-5)11-7(12)4-14-8(11)13/h1-2,10-12,14-15,18,24H,3-9,13H2;7-8,10-11,13H,2-6,9H2,1H3;1-3H,4,9H2/t15-,18-;11-,13+;/m10./s1. The minimum atomic E-state index is -0.702. The summed E-state index contributed by atoms with van der Waals surface area (Å²) < 4.78 is 14.5. The molecule has 65 heavy (non-hydrogen) atoms. The fourth-order valence-electron chi connectivity index (χ4n) is 9.13. The Labute approximate surface area is 386 Å². The zero-order chi connectivity index (χ0) is 45.5. The van der Waals surface area contributed by atoms with Crippen molar-refractivity contribution in [3.8, 4) is 0 Å². The van der Waals surface area contributed by atoms with Gasteiger partial charge in [-0.3, -0.25) is 9.59 Å². The number of methoxy groups -OCH3 is 1. The van der Waals surface area contributed by atoms with Gasteiger partial charge in [-0.1, -0.05) is 23.2 Å². The number of halogens is 2. The number of rotatable bonds is 12. The van der Waals surface area contributed by atoms with Gasteiger partial charge in [0.25, 0.3) is 11.8 Å². The predicted octanol–water partition coefficient (Wildman–Crippen LogP) is 6.14. The highest BCUT2D eigenvalue weighted by atomic mass is 35.5. The van der Waals surface area contributed by atoms with Crippen LogP contribution in [-0.2, 0) is 23.8 Å². The number of pyridine rings is 2. The zero-order valence-corrected chi connectivity index (χ0v) is 37.5. The topological polar surface area (TPSA) is 224 Å². The summed E-state index contributed by atoms with van der Waals surface area (Å²) in [5, 5.41) is 4.56. The molecule has 2 saturated carbocycles. The van der Waals surface area contributed by atoms with Crippen LogP contribution in [0.2, 0.25) is 10.0 Å². The second-order valence-electron chi connectivity index (χ2n) is 17.0. The Hall–Kier alpha value is -5.92. The number of ether oxygens (including phenoxy) is 3. The van der Waals surface area contributed by atoms with E-state index in [4.69, 9.17) is 38.4 Å². The van der Waals surface area contributed by atoms with Crippen molar-refractivity contribution in [2.45, 2.75) is 44.9 Å². The van der Waals surface area contributed by atoms with Crippen molar-refractivity contribution >= 4 is 82.1 Å². The second kappa shape index (κ2) is 20.9. The molecule has 4 aromatic heterocycles. The van der Waals surface area contributed by atoms with Crippen molar-refractivity contribution in [1.29, 1.82) is 0 Å². The van der Waals surface area contributed by atoms with Crippen molar-refractivity contribution < 1.29 is 33.4 Å². The van der Waals surface area contributed by atoms with E-state index in [9.17, 15) is 19.2 Å². The maximum Gasteiger partial charge on any atom is 0.423 e. The van der Waals surface area contributed by atoms with E-state index in [1.807, 2.05) is 6.07 Å². The SMILES string of the molecule is COC[C@@H]1C[C@@H]1C1CCN(c2ncc(Cl)cn2)CC1.Nc1ccc(N2C(=O)COC2=O)nc1.O=C1COC(=O)N1c1ccc(NCC[C@@H]2C[C@@H]2C2CCN(c3ncc(Cl)cn3)CC2)cn1. The molecule has 4 aromatic rings. The van der Waals surface area contributed by atoms with E-state index >= 15 is 0 Å². The molecule has 6 aliphatic rings. The van der Waals surface area contributed by atoms with Crippen LogP contribution in [0, 0.1) is 35.5 Å². The van der Waals surface area contributed by atoms with Crippen molar-refractivity contribution in [3.63, 3.8) is 0 Å². The summed E-state index contributed by atoms with van der Waals surface area (Å²) in [5.41, 5.74) is 6.76. The number of nitrogens with zero attached hydrogens (tertiary/aromatic N) is 10. The summed E-state index contributed by atoms with van der Waals surface area (Å²) in [6.07, 6.45) is 17.0. The largest absolute Gasteiger partial charge is 0.439 e. The van der Waals surface area contributed by atoms with Crippen molar-refractivity contribution in [2.75, 3.05) is 90.3 Å². The van der Waals surface area contributed by atoms with Gasteiger partial charge in [-0.15, -0.1) is 0 Å². The van der Waals surface area contributed by atoms with E-state index in [-0.39, 0.29) is 19.0 Å². The number of piperidine rings is 2. The number of amides is 4. The Bertz CT molecular complexity index is 2230. The van der Waals surface area contributed by atoms with Crippen LogP contribution in [0.3, 0.4) is 0 Å². The zero-order valence-electron chi connectivity index (χ0n) is 36.0. The second-order valence-corrected chi connectivity index (χ2v) is 17.8. The normalized spacial score (nSPS) is 23.0. The fourth-order valence-corrected chi connectivity index (χ4v) is 9.33. The lowest BCUT2D eigenvalue weighted by molar-refractivity contribution is -0.118. The van der Waals surface area contributed by atoms with Gasteiger partial charge in [0.15, 0.2) is 13.2 Å². The number of aromatic nitrogens is 6. The molecule has 8 heterocycles. The number of anilines is 6. The molecule has 21 heteroatoms. The number of nitrogens with two attached hydrogens (primary N) is 1. The third-order valence-electron chi connectivity index (χ3n) is 12.7. The van der Waals surface area contributed by atoms with E-state index in [1.165, 1.54) is 50.8 Å². The maximum atomic E-state index is 11.7. The third-order valence-corrected chi connectivity index (χ3v) is 13.1. The summed E-state index contributed by atoms with van der Waals surface area (Å²) in [7, 11) is 1.80. The molecule has 6 fully saturated rings. The quantitative estimate of drug-likeness (QED) is 0.163. The summed E-state index contributed by atoms with van der Waals surface area (Å²) in [4.78, 5) is 77.2. The van der Waals surface area contributed by atoms with Crippen LogP contribution in [0.1, 0.15) is 44.9 Å². The molecule has 2 aliphatic carbocycles. The number of nitrogen functional groups attached to an aromatic ring is 1. The first-order valence-corrected chi connectivity index (χ1v) is 22.6. The first-order valence-electron chi connectivity index (χ1n) is 21.9. The molecule has 0 radical (unpaired) electrons. The monoisotopic (exact) mass is 930 g/mol. The highest BCUT2D eigenvalue weighted by Gasteiger charge is 2.44. The van der Waals surface area contributed by atoms with E-state index in [1.54, 1.807) is 50.2 Å². The van der Waals surface area contributed by atoms with Crippen LogP contribution in [0.4, 0.5) is 44.5 Å². The van der Waals surface area contributed by atoms with E-state index in [2.05, 4.69) is 49.8 Å². The molecule has 0 aromatic carbocycles. The number of nitrogens with one attached hydrogen (secondary N) is 1. The highest BCUT2D eigenvalue weighted by molar-refractivity contribution is 6.30. The van der Waals surface area contributed by atoms with Crippen molar-refractivity contribution in [2.24, 2.45) is 35.5 Å². The van der Waals surface area contributed by atoms with Crippen LogP contribution in [0.25, 0.3) is 0 Å². The van der Waals surface area contributed by atoms with Gasteiger partial charge in [0, 0.05) is 46.4 Å². The molecule has 0 unspecified atom stereocenters. The lowest BCUT2D eigenvalue weighted by atomic mass is 9.90. The molecule has 4 aliphatic heterocycles. The molecule has 4 saturated heterocycles. The summed E-state index contributed by atoms with van der Waals surface area (Å²) in [6.45, 7) is 5.47. The molecule has 4 amide bonds. The van der Waals surface area contributed by atoms with Gasteiger partial charge in [-0.05, 0) is 105 Å². The number of hydrogen-bond acceptors (Lipinski definition) is 17. The summed E-state index contributed by atoms with van der Waals surface area (Å²) in [5.74, 6) is 6.23. The molecule has 4 atom stereocenters. The molecule has 0 spiro atoms. The minimum Gasteiger partial charge on any atom is -0.439 e. The number of carbonyl (C=O) groups is 4. The summed E-state index contributed by atoms with van der Waals surface area (Å²) >= 11 is 11.7. The molecular formula is C44H52Cl2N12O7. The van der Waals surface area contributed by atoms with E-state index < -0.39 is 24.0 Å². The lowest BCUT2D eigenvalue weighted by Gasteiger charge is -2.32. The van der Waals surface area contributed by atoms with Crippen LogP contribution < -0.4 is 30.7 Å². The first kappa shape index (κ1) is 45.6. The lowest BCUT2D eigenvalue weighted by Crippen LogP contribution is -2.35. The summed E-state index contributed by atoms with van der Waals surface area (Å²) in [6, 6.07) is 6.53. The fraction of sp³-hybridized carbons (Fsp3) is 0.500. The van der Waals surface area contributed by atoms with Crippen LogP contribution in [-0.4, -0.2) is 114 Å². The third kappa shape index (κ3) is 11.7. The Kier molecular flexibility index (Phi) is 14.7. The number of imide groups is 2. The van der Waals surface area contributed by atoms with Crippen LogP contribution >= 0.6 is 23.2 Å². The van der Waals surface area contributed by atoms with Gasteiger partial charge in [0.1, 0.15) is 11.6 Å². The molecule has 19 nitrogen and oxygen atoms in total. The first-order chi connectivity index (χ1) is 31.5. The molecule has 0 bridgehead atoms. The molecular weight excluding hydrogens is 879 g/mol. The Morgan fingerprint density at radius 3 is 1.57 bits per heavy atom. The van der Waals surface area contributed by atoms with Gasteiger partial charge in [0.05, 0.1) is 58.6 Å². The maximum absolute atomic E-state index is 11.7. The van der Waals surface area contributed by atoms with Gasteiger partial charge >= 0.3 is 12.2 Å². The number of hydrogen-bond donors (Lipinski definition) is 2. The van der Waals surface area contributed by atoms with Gasteiger partial charge in [-0.25, -0.2) is 39.5 Å². The minimum absolute atomic E-state index is 0.225. The van der Waals surface area contributed by atoms with Crippen LogP contribution in [0.5, 0.6) is 0 Å². The van der Waals surface area contributed by atoms with Gasteiger partial charge in [-0.2, -0.15) is 9.80 Å². The predicted molar refractivity (Wildman–Crippen MR) is 243 cm³/mol. The Morgan fingerprint density at radius 2 is 1.14 bits per heavy atom. The van der Waals surface area contributed by atoms with Gasteiger partial charge in [0.2, 0.25) is 11.9 Å². The van der Waals surface area contributed by atoms with Gasteiger partial charge < -0.3 is 35.1 Å². The average Bonchev–Trinajstić information content (AvgIpc) is 4.22. The van der Waals surface area contributed by atoms with Crippen molar-refractivity contribution in [3.05, 3.63) is 71.5 Å². The van der Waals surface area contributed by atoms with Crippen LogP contribution in [0.15, 0.2) is 61.4 Å². The smallest absolute Gasteiger partial charge is 0.423 e. The number of cyclic esters (lactones) is 2. The highest BCUT2D eigenvalue weighted by Crippen LogP contribution is 2.50. The Balaban J connectivity index is 0.000000147. The Morgan fingerprint density at radius 1 is 0.662 bits per heavy atom. The molecule has 3 N–H and O–H groups in total. The average molecular weight is 932 g/mol.